The first-order valence-electron chi connectivity index (χ1n) is 9.88. The molecular weight excluding hydrogens is 536 g/mol. The Balaban J connectivity index is 1.78. The predicted molar refractivity (Wildman–Crippen MR) is 130 cm³/mol. The van der Waals surface area contributed by atoms with E-state index in [1.54, 1.807) is 31.5 Å². The standard InChI is InChI=1S/C19H26BrClN8O3S/c1-11-4-16(21)26-29(11)17(23)9-28(24)8-14(30-3)19(32-18-10-31-27(18)2)33-15-5-12(20)7-25-13(15)6-22/h4-5,9,14,18-19,25H,7-8,10,23-24H2,1-3H3/b17-9+/t14-,18?,19?/m0/s1. The third kappa shape index (κ3) is 6.65. The maximum atomic E-state index is 9.52. The van der Waals surface area contributed by atoms with E-state index in [-0.39, 0.29) is 12.8 Å². The predicted octanol–water partition coefficient (Wildman–Crippen LogP) is 1.65. The number of hydrogen-bond donors (Lipinski definition) is 3. The molecule has 3 atom stereocenters. The van der Waals surface area contributed by atoms with Gasteiger partial charge in [0.05, 0.1) is 12.7 Å². The topological polar surface area (TPSA) is 140 Å². The average Bonchev–Trinajstić information content (AvgIpc) is 3.12. The molecule has 2 aliphatic rings. The highest BCUT2D eigenvalue weighted by Crippen LogP contribution is 2.34. The van der Waals surface area contributed by atoms with Crippen molar-refractivity contribution < 1.29 is 14.3 Å². The molecule has 14 heteroatoms. The van der Waals surface area contributed by atoms with Gasteiger partial charge in [-0.3, -0.25) is 4.84 Å². The fraction of sp³-hybridized carbons (Fsp3) is 0.474. The minimum Gasteiger partial charge on any atom is -0.382 e. The highest BCUT2D eigenvalue weighted by molar-refractivity contribution is 9.11. The van der Waals surface area contributed by atoms with Crippen LogP contribution in [0.2, 0.25) is 5.15 Å². The number of ether oxygens (including phenoxy) is 2. The maximum Gasteiger partial charge on any atom is 0.159 e. The Morgan fingerprint density at radius 2 is 2.39 bits per heavy atom. The largest absolute Gasteiger partial charge is 0.382 e. The number of aromatic nitrogens is 2. The molecule has 0 aliphatic carbocycles. The van der Waals surface area contributed by atoms with Crippen molar-refractivity contribution in [2.24, 2.45) is 11.6 Å². The summed E-state index contributed by atoms with van der Waals surface area (Å²) in [5.74, 6) is 6.52. The first kappa shape index (κ1) is 25.9. The summed E-state index contributed by atoms with van der Waals surface area (Å²) in [5, 5.41) is 20.1. The smallest absolute Gasteiger partial charge is 0.159 e. The van der Waals surface area contributed by atoms with Crippen LogP contribution < -0.4 is 16.9 Å². The van der Waals surface area contributed by atoms with Gasteiger partial charge in [-0.05, 0) is 19.1 Å². The summed E-state index contributed by atoms with van der Waals surface area (Å²) in [6.45, 7) is 3.04. The van der Waals surface area contributed by atoms with Gasteiger partial charge >= 0.3 is 0 Å². The van der Waals surface area contributed by atoms with Gasteiger partial charge in [0, 0.05) is 35.8 Å². The van der Waals surface area contributed by atoms with Crippen LogP contribution >= 0.6 is 39.3 Å². The van der Waals surface area contributed by atoms with Crippen LogP contribution in [-0.2, 0) is 14.3 Å². The maximum absolute atomic E-state index is 9.52. The molecule has 0 aromatic carbocycles. The molecular formula is C19H26BrClN8O3S. The van der Waals surface area contributed by atoms with Gasteiger partial charge in [0.15, 0.2) is 11.4 Å². The van der Waals surface area contributed by atoms with Crippen molar-refractivity contribution in [2.75, 3.05) is 33.9 Å². The zero-order chi connectivity index (χ0) is 24.1. The number of aryl methyl sites for hydroxylation is 1. The van der Waals surface area contributed by atoms with Crippen LogP contribution in [0.4, 0.5) is 0 Å². The molecule has 1 fully saturated rings. The number of dihydropyridines is 1. The molecule has 0 amide bonds. The molecule has 0 spiro atoms. The number of hydroxylamine groups is 2. The van der Waals surface area contributed by atoms with Gasteiger partial charge in [-0.1, -0.05) is 39.3 Å². The van der Waals surface area contributed by atoms with E-state index in [1.165, 1.54) is 21.5 Å². The lowest BCUT2D eigenvalue weighted by atomic mass is 10.3. The van der Waals surface area contributed by atoms with E-state index in [4.69, 9.17) is 37.5 Å². The number of hydrogen-bond acceptors (Lipinski definition) is 11. The highest BCUT2D eigenvalue weighted by Gasteiger charge is 2.35. The minimum atomic E-state index is -0.511. The number of nitrogens with two attached hydrogens (primary N) is 2. The molecule has 11 nitrogen and oxygen atoms in total. The second-order valence-electron chi connectivity index (χ2n) is 7.26. The fourth-order valence-electron chi connectivity index (χ4n) is 3.05. The van der Waals surface area contributed by atoms with Crippen LogP contribution in [0.1, 0.15) is 5.69 Å². The van der Waals surface area contributed by atoms with Crippen molar-refractivity contribution in [2.45, 2.75) is 24.7 Å². The molecule has 1 aromatic heterocycles. The van der Waals surface area contributed by atoms with E-state index in [0.29, 0.717) is 29.8 Å². The van der Waals surface area contributed by atoms with Crippen molar-refractivity contribution in [1.82, 2.24) is 25.2 Å². The van der Waals surface area contributed by atoms with E-state index < -0.39 is 11.5 Å². The number of hydrazine groups is 1. The van der Waals surface area contributed by atoms with Crippen molar-refractivity contribution in [1.29, 1.82) is 5.26 Å². The first-order chi connectivity index (χ1) is 15.7. The summed E-state index contributed by atoms with van der Waals surface area (Å²) in [7, 11) is 3.36. The van der Waals surface area contributed by atoms with E-state index in [1.807, 2.05) is 13.0 Å². The van der Waals surface area contributed by atoms with Gasteiger partial charge in [0.25, 0.3) is 0 Å². The molecule has 3 rings (SSSR count). The van der Waals surface area contributed by atoms with Crippen molar-refractivity contribution in [3.05, 3.63) is 44.3 Å². The van der Waals surface area contributed by atoms with Crippen molar-refractivity contribution >= 4 is 45.1 Å². The van der Waals surface area contributed by atoms with Gasteiger partial charge in [-0.25, -0.2) is 10.5 Å². The number of nitrogens with zero attached hydrogens (tertiary/aromatic N) is 5. The summed E-state index contributed by atoms with van der Waals surface area (Å²) < 4.78 is 14.4. The van der Waals surface area contributed by atoms with Crippen molar-refractivity contribution in [3.63, 3.8) is 0 Å². The highest BCUT2D eigenvalue weighted by atomic mass is 79.9. The second kappa shape index (κ2) is 11.6. The zero-order valence-electron chi connectivity index (χ0n) is 18.4. The lowest BCUT2D eigenvalue weighted by molar-refractivity contribution is -0.354. The number of halogens is 2. The van der Waals surface area contributed by atoms with E-state index in [9.17, 15) is 5.26 Å². The average molecular weight is 562 g/mol. The first-order valence-corrected chi connectivity index (χ1v) is 11.9. The lowest BCUT2D eigenvalue weighted by Gasteiger charge is -2.40. The second-order valence-corrected chi connectivity index (χ2v) is 9.81. The number of methoxy groups -OCH3 is 1. The Morgan fingerprint density at radius 1 is 1.64 bits per heavy atom. The summed E-state index contributed by atoms with van der Waals surface area (Å²) in [6, 6.07) is 3.89. The number of nitrogens with one attached hydrogen (secondary N) is 1. The Bertz CT molecular complexity index is 994. The Labute approximate surface area is 209 Å². The third-order valence-electron chi connectivity index (χ3n) is 4.84. The Hall–Kier alpha value is -1.76. The van der Waals surface area contributed by atoms with Gasteiger partial charge in [0.1, 0.15) is 35.7 Å². The summed E-state index contributed by atoms with van der Waals surface area (Å²) in [4.78, 5) is 6.01. The van der Waals surface area contributed by atoms with Crippen LogP contribution in [-0.4, -0.2) is 71.5 Å². The zero-order valence-corrected chi connectivity index (χ0v) is 21.5. The molecule has 1 aromatic rings. The summed E-state index contributed by atoms with van der Waals surface area (Å²) in [5.41, 5.74) is 6.87. The van der Waals surface area contributed by atoms with Crippen molar-refractivity contribution in [3.8, 4) is 6.07 Å². The molecule has 1 saturated heterocycles. The molecule has 5 N–H and O–H groups in total. The van der Waals surface area contributed by atoms with Crippen LogP contribution in [0.5, 0.6) is 0 Å². The Kier molecular flexibility index (Phi) is 9.08. The van der Waals surface area contributed by atoms with Gasteiger partial charge in [0.2, 0.25) is 0 Å². The molecule has 0 bridgehead atoms. The molecule has 3 heterocycles. The fourth-order valence-corrected chi connectivity index (χ4v) is 5.03. The molecule has 2 aliphatic heterocycles. The number of thioether (sulfide) groups is 1. The summed E-state index contributed by atoms with van der Waals surface area (Å²) in [6.07, 6.45) is 2.70. The Morgan fingerprint density at radius 3 is 2.94 bits per heavy atom. The van der Waals surface area contributed by atoms with Gasteiger partial charge < -0.3 is 25.5 Å². The van der Waals surface area contributed by atoms with Crippen LogP contribution in [0.3, 0.4) is 0 Å². The molecule has 0 saturated carbocycles. The van der Waals surface area contributed by atoms with Gasteiger partial charge in [-0.15, -0.1) is 0 Å². The SMILES string of the molecule is CO[C@@H](CN(N)/C=C(\N)n1nc(Cl)cc1C)C(OC1CON1C)SC1=C(C#N)NCC(Br)=C1. The third-order valence-corrected chi connectivity index (χ3v) is 6.75. The monoisotopic (exact) mass is 560 g/mol. The van der Waals surface area contributed by atoms with Crippen LogP contribution in [0, 0.1) is 18.3 Å². The quantitative estimate of drug-likeness (QED) is 0.218. The number of likely N-dealkylation sites (N-methyl/N-ethyl adjacent to an activating group) is 1. The molecule has 33 heavy (non-hydrogen) atoms. The van der Waals surface area contributed by atoms with E-state index >= 15 is 0 Å². The molecule has 0 radical (unpaired) electrons. The number of rotatable bonds is 10. The van der Waals surface area contributed by atoms with Crippen LogP contribution in [0.15, 0.2) is 33.4 Å². The van der Waals surface area contributed by atoms with E-state index in [0.717, 1.165) is 15.1 Å². The minimum absolute atomic E-state index is 0.244. The molecule has 180 valence electrons. The van der Waals surface area contributed by atoms with Crippen LogP contribution in [0.25, 0.3) is 5.82 Å². The lowest BCUT2D eigenvalue weighted by Crippen LogP contribution is -2.53. The van der Waals surface area contributed by atoms with E-state index in [2.05, 4.69) is 32.4 Å². The number of allylic oxidation sites excluding steroid dienone is 2. The normalized spacial score (nSPS) is 21.1. The van der Waals surface area contributed by atoms with Gasteiger partial charge in [-0.2, -0.15) is 15.4 Å². The molecule has 2 unspecified atom stereocenters. The summed E-state index contributed by atoms with van der Waals surface area (Å²) >= 11 is 10.8. The number of nitriles is 1.